The van der Waals surface area contributed by atoms with Crippen LogP contribution in [0.4, 0.5) is 0 Å². The first kappa shape index (κ1) is 17.6. The minimum atomic E-state index is -0.404. The molecule has 26 heavy (non-hydrogen) atoms. The van der Waals surface area contributed by atoms with Crippen molar-refractivity contribution in [3.63, 3.8) is 0 Å². The Hall–Kier alpha value is -1.84. The van der Waals surface area contributed by atoms with Crippen molar-refractivity contribution in [3.8, 4) is 0 Å². The Morgan fingerprint density at radius 2 is 2.00 bits per heavy atom. The van der Waals surface area contributed by atoms with Gasteiger partial charge < -0.3 is 4.74 Å². The molecule has 0 aliphatic carbocycles. The minimum absolute atomic E-state index is 0.0153. The van der Waals surface area contributed by atoms with Crippen molar-refractivity contribution in [1.29, 1.82) is 0 Å². The molecule has 3 aromatic rings. The van der Waals surface area contributed by atoms with Gasteiger partial charge in [-0.25, -0.2) is 9.78 Å². The van der Waals surface area contributed by atoms with Crippen molar-refractivity contribution in [2.45, 2.75) is 18.1 Å². The molecule has 1 aliphatic heterocycles. The molecular formula is C17H15N3O3S3. The zero-order valence-corrected chi connectivity index (χ0v) is 16.3. The van der Waals surface area contributed by atoms with Gasteiger partial charge in [0.15, 0.2) is 5.01 Å². The smallest absolute Gasteiger partial charge is 0.338 e. The first-order valence-electron chi connectivity index (χ1n) is 7.97. The summed E-state index contributed by atoms with van der Waals surface area (Å²) in [6.07, 6.45) is 0. The number of aryl methyl sites for hydroxylation is 1. The van der Waals surface area contributed by atoms with E-state index in [1.165, 1.54) is 39.0 Å². The van der Waals surface area contributed by atoms with E-state index in [1.54, 1.807) is 19.1 Å². The summed E-state index contributed by atoms with van der Waals surface area (Å²) in [5.74, 6) is 1.93. The van der Waals surface area contributed by atoms with E-state index in [9.17, 15) is 9.59 Å². The van der Waals surface area contributed by atoms with Crippen molar-refractivity contribution >= 4 is 45.8 Å². The van der Waals surface area contributed by atoms with Crippen LogP contribution in [0.15, 0.2) is 35.1 Å². The van der Waals surface area contributed by atoms with Gasteiger partial charge in [-0.3, -0.25) is 4.79 Å². The average molecular weight is 406 g/mol. The van der Waals surface area contributed by atoms with Gasteiger partial charge in [-0.2, -0.15) is 9.61 Å². The maximum Gasteiger partial charge on any atom is 0.338 e. The summed E-state index contributed by atoms with van der Waals surface area (Å²) < 4.78 is 7.02. The molecule has 134 valence electrons. The van der Waals surface area contributed by atoms with Crippen molar-refractivity contribution in [2.75, 3.05) is 11.5 Å². The quantitative estimate of drug-likeness (QED) is 0.617. The maximum absolute atomic E-state index is 12.2. The number of benzene rings is 1. The molecule has 6 nitrogen and oxygen atoms in total. The third-order valence-electron chi connectivity index (χ3n) is 3.78. The fraction of sp³-hybridized carbons (Fsp3) is 0.294. The fourth-order valence-electron chi connectivity index (χ4n) is 2.56. The molecule has 1 saturated heterocycles. The van der Waals surface area contributed by atoms with Crippen molar-refractivity contribution in [2.24, 2.45) is 0 Å². The first-order valence-corrected chi connectivity index (χ1v) is 10.9. The Balaban J connectivity index is 1.43. The van der Waals surface area contributed by atoms with Gasteiger partial charge in [0, 0.05) is 23.3 Å². The standard InChI is InChI=1S/C17H15N3O3S3/c1-10-8-14(21)20-17(18-10)26-13(19-20)9-23-15(22)11-2-4-12(5-3-11)16-24-6-7-25-16/h2-5,8,16H,6-7,9H2,1H3. The van der Waals surface area contributed by atoms with Crippen LogP contribution in [-0.4, -0.2) is 32.1 Å². The highest BCUT2D eigenvalue weighted by atomic mass is 32.2. The molecule has 0 atom stereocenters. The van der Waals surface area contributed by atoms with Crippen molar-refractivity contribution in [3.05, 3.63) is 62.5 Å². The van der Waals surface area contributed by atoms with E-state index < -0.39 is 5.97 Å². The monoisotopic (exact) mass is 405 g/mol. The number of nitrogens with zero attached hydrogens (tertiary/aromatic N) is 3. The van der Waals surface area contributed by atoms with E-state index in [2.05, 4.69) is 10.1 Å². The van der Waals surface area contributed by atoms with E-state index >= 15 is 0 Å². The zero-order valence-electron chi connectivity index (χ0n) is 13.9. The van der Waals surface area contributed by atoms with E-state index in [0.717, 1.165) is 0 Å². The van der Waals surface area contributed by atoms with Crippen LogP contribution in [0.5, 0.6) is 0 Å². The van der Waals surface area contributed by atoms with Gasteiger partial charge in [0.25, 0.3) is 5.56 Å². The summed E-state index contributed by atoms with van der Waals surface area (Å²) in [6.45, 7) is 1.77. The number of esters is 1. The number of rotatable bonds is 4. The number of hydrogen-bond donors (Lipinski definition) is 0. The molecule has 0 N–H and O–H groups in total. The fourth-order valence-corrected chi connectivity index (χ4v) is 6.27. The molecule has 0 spiro atoms. The summed E-state index contributed by atoms with van der Waals surface area (Å²) in [6, 6.07) is 8.98. The highest BCUT2D eigenvalue weighted by Gasteiger charge is 2.19. The number of carbonyl (C=O) groups excluding carboxylic acids is 1. The first-order chi connectivity index (χ1) is 12.6. The maximum atomic E-state index is 12.2. The Morgan fingerprint density at radius 1 is 1.27 bits per heavy atom. The second-order valence-electron chi connectivity index (χ2n) is 5.70. The Morgan fingerprint density at radius 3 is 2.73 bits per heavy atom. The van der Waals surface area contributed by atoms with Crippen LogP contribution >= 0.6 is 34.9 Å². The third kappa shape index (κ3) is 3.65. The van der Waals surface area contributed by atoms with Gasteiger partial charge in [0.2, 0.25) is 4.96 Å². The molecule has 2 aromatic heterocycles. The minimum Gasteiger partial charge on any atom is -0.455 e. The SMILES string of the molecule is Cc1cc(=O)n2nc(COC(=O)c3ccc(C4SCCS4)cc3)sc2n1. The number of thioether (sulfide) groups is 2. The second kappa shape index (κ2) is 7.42. The second-order valence-corrected chi connectivity index (χ2v) is 9.46. The van der Waals surface area contributed by atoms with Gasteiger partial charge in [-0.05, 0) is 24.6 Å². The van der Waals surface area contributed by atoms with Crippen LogP contribution in [0.25, 0.3) is 4.96 Å². The normalized spacial score (nSPS) is 14.8. The van der Waals surface area contributed by atoms with Crippen molar-refractivity contribution in [1.82, 2.24) is 14.6 Å². The van der Waals surface area contributed by atoms with E-state index in [0.29, 0.717) is 25.8 Å². The number of ether oxygens (including phenoxy) is 1. The van der Waals surface area contributed by atoms with Crippen LogP contribution < -0.4 is 5.56 Å². The summed E-state index contributed by atoms with van der Waals surface area (Å²) in [7, 11) is 0. The van der Waals surface area contributed by atoms with E-state index in [1.807, 2.05) is 35.7 Å². The molecule has 1 aliphatic rings. The molecule has 0 radical (unpaired) electrons. The number of carbonyl (C=O) groups is 1. The van der Waals surface area contributed by atoms with E-state index in [-0.39, 0.29) is 12.2 Å². The lowest BCUT2D eigenvalue weighted by Crippen LogP contribution is -2.14. The van der Waals surface area contributed by atoms with Gasteiger partial charge in [-0.15, -0.1) is 23.5 Å². The topological polar surface area (TPSA) is 73.6 Å². The van der Waals surface area contributed by atoms with Gasteiger partial charge >= 0.3 is 5.97 Å². The summed E-state index contributed by atoms with van der Waals surface area (Å²) in [5, 5.41) is 4.69. The summed E-state index contributed by atoms with van der Waals surface area (Å²) in [4.78, 5) is 28.9. The van der Waals surface area contributed by atoms with Gasteiger partial charge in [0.1, 0.15) is 6.61 Å². The molecule has 1 fully saturated rings. The predicted octanol–water partition coefficient (Wildman–Crippen LogP) is 3.30. The molecule has 0 saturated carbocycles. The number of aromatic nitrogens is 3. The van der Waals surface area contributed by atoms with Gasteiger partial charge in [-0.1, -0.05) is 23.5 Å². The van der Waals surface area contributed by atoms with Gasteiger partial charge in [0.05, 0.1) is 10.1 Å². The van der Waals surface area contributed by atoms with E-state index in [4.69, 9.17) is 4.74 Å². The highest BCUT2D eigenvalue weighted by molar-refractivity contribution is 8.19. The Labute approximate surface area is 162 Å². The van der Waals surface area contributed by atoms with Crippen LogP contribution in [0.1, 0.15) is 31.2 Å². The predicted molar refractivity (Wildman–Crippen MR) is 105 cm³/mol. The lowest BCUT2D eigenvalue weighted by Gasteiger charge is -2.09. The molecule has 4 rings (SSSR count). The summed E-state index contributed by atoms with van der Waals surface area (Å²) in [5.41, 5.74) is 2.13. The lowest BCUT2D eigenvalue weighted by atomic mass is 10.1. The van der Waals surface area contributed by atoms with Crippen LogP contribution in [0.2, 0.25) is 0 Å². The average Bonchev–Trinajstić information content (AvgIpc) is 3.29. The molecule has 1 aromatic carbocycles. The van der Waals surface area contributed by atoms with Crippen molar-refractivity contribution < 1.29 is 9.53 Å². The van der Waals surface area contributed by atoms with Crippen LogP contribution in [0.3, 0.4) is 0 Å². The largest absolute Gasteiger partial charge is 0.455 e. The molecule has 0 amide bonds. The number of fused-ring (bicyclic) bond motifs is 1. The van der Waals surface area contributed by atoms with Crippen LogP contribution in [0, 0.1) is 6.92 Å². The number of hydrogen-bond acceptors (Lipinski definition) is 8. The lowest BCUT2D eigenvalue weighted by molar-refractivity contribution is 0.0471. The molecular weight excluding hydrogens is 390 g/mol. The zero-order chi connectivity index (χ0) is 18.1. The molecule has 3 heterocycles. The molecule has 9 heteroatoms. The molecule has 0 bridgehead atoms. The third-order valence-corrected chi connectivity index (χ3v) is 7.77. The molecule has 0 unspecified atom stereocenters. The Bertz CT molecular complexity index is 1010. The summed E-state index contributed by atoms with van der Waals surface area (Å²) >= 11 is 5.09. The highest BCUT2D eigenvalue weighted by Crippen LogP contribution is 2.45. The van der Waals surface area contributed by atoms with Crippen LogP contribution in [-0.2, 0) is 11.3 Å². The Kier molecular flexibility index (Phi) is 5.01.